The zero-order valence-electron chi connectivity index (χ0n) is 16.0. The fourth-order valence-corrected chi connectivity index (χ4v) is 5.21. The number of hydrogen-bond donors (Lipinski definition) is 1. The lowest BCUT2D eigenvalue weighted by atomic mass is 9.90. The van der Waals surface area contributed by atoms with E-state index < -0.39 is 10.2 Å². The van der Waals surface area contributed by atoms with Crippen molar-refractivity contribution in [2.45, 2.75) is 32.4 Å². The lowest BCUT2D eigenvalue weighted by Crippen LogP contribution is -2.52. The van der Waals surface area contributed by atoms with Crippen LogP contribution in [0.15, 0.2) is 30.3 Å². The summed E-state index contributed by atoms with van der Waals surface area (Å²) in [6.45, 7) is 8.39. The second kappa shape index (κ2) is 8.80. The molecule has 0 unspecified atom stereocenters. The summed E-state index contributed by atoms with van der Waals surface area (Å²) in [6.07, 6.45) is 1.89. The first-order valence-corrected chi connectivity index (χ1v) is 11.1. The minimum atomic E-state index is -3.40. The quantitative estimate of drug-likeness (QED) is 0.810. The van der Waals surface area contributed by atoms with Crippen LogP contribution in [-0.2, 0) is 16.8 Å². The second-order valence-electron chi connectivity index (χ2n) is 7.63. The predicted octanol–water partition coefficient (Wildman–Crippen LogP) is 1.37. The summed E-state index contributed by atoms with van der Waals surface area (Å²) in [5.41, 5.74) is 0.981. The van der Waals surface area contributed by atoms with Gasteiger partial charge in [-0.3, -0.25) is 4.90 Å². The number of benzene rings is 1. The maximum Gasteiger partial charge on any atom is 0.279 e. The average molecular weight is 381 g/mol. The van der Waals surface area contributed by atoms with E-state index in [4.69, 9.17) is 0 Å². The van der Waals surface area contributed by atoms with Gasteiger partial charge in [0, 0.05) is 51.9 Å². The number of nitrogens with one attached hydrogen (secondary N) is 1. The van der Waals surface area contributed by atoms with Gasteiger partial charge in [-0.15, -0.1) is 0 Å². The predicted molar refractivity (Wildman–Crippen MR) is 105 cm³/mol. The molecule has 3 rings (SSSR count). The Bertz CT molecular complexity index is 651. The SMILES string of the molecule is C[C@H](C1CCN(S(=O)(=O)NCc2ccccc2)CC1)N1CCN(C)CC1. The molecule has 1 atom stereocenters. The molecule has 2 aliphatic heterocycles. The molecule has 2 fully saturated rings. The molecule has 7 heteroatoms. The summed E-state index contributed by atoms with van der Waals surface area (Å²) < 4.78 is 29.5. The number of rotatable bonds is 6. The summed E-state index contributed by atoms with van der Waals surface area (Å²) in [5.74, 6) is 0.582. The molecule has 6 nitrogen and oxygen atoms in total. The van der Waals surface area contributed by atoms with E-state index >= 15 is 0 Å². The molecule has 0 aliphatic carbocycles. The van der Waals surface area contributed by atoms with Crippen LogP contribution < -0.4 is 4.72 Å². The fraction of sp³-hybridized carbons (Fsp3) is 0.684. The summed E-state index contributed by atoms with van der Waals surface area (Å²) in [5, 5.41) is 0. The highest BCUT2D eigenvalue weighted by Gasteiger charge is 2.32. The number of piperazine rings is 1. The van der Waals surface area contributed by atoms with Crippen LogP contribution in [0, 0.1) is 5.92 Å². The molecule has 2 aliphatic rings. The summed E-state index contributed by atoms with van der Waals surface area (Å²) in [4.78, 5) is 4.94. The van der Waals surface area contributed by atoms with Crippen molar-refractivity contribution in [3.8, 4) is 0 Å². The van der Waals surface area contributed by atoms with Crippen molar-refractivity contribution in [2.75, 3.05) is 46.3 Å². The molecule has 1 aromatic rings. The van der Waals surface area contributed by atoms with Gasteiger partial charge in [0.1, 0.15) is 0 Å². The lowest BCUT2D eigenvalue weighted by Gasteiger charge is -2.42. The highest BCUT2D eigenvalue weighted by Crippen LogP contribution is 2.25. The van der Waals surface area contributed by atoms with Crippen molar-refractivity contribution in [1.82, 2.24) is 18.8 Å². The highest BCUT2D eigenvalue weighted by atomic mass is 32.2. The Kier molecular flexibility index (Phi) is 6.69. The molecule has 1 aromatic carbocycles. The third-order valence-corrected chi connectivity index (χ3v) is 7.49. The van der Waals surface area contributed by atoms with Gasteiger partial charge in [-0.2, -0.15) is 17.4 Å². The number of likely N-dealkylation sites (N-methyl/N-ethyl adjacent to an activating group) is 1. The Morgan fingerprint density at radius 1 is 1.04 bits per heavy atom. The first-order chi connectivity index (χ1) is 12.5. The van der Waals surface area contributed by atoms with Gasteiger partial charge in [0.2, 0.25) is 0 Å². The first-order valence-electron chi connectivity index (χ1n) is 9.67. The molecule has 0 amide bonds. The summed E-state index contributed by atoms with van der Waals surface area (Å²) in [7, 11) is -1.23. The van der Waals surface area contributed by atoms with E-state index in [1.807, 2.05) is 30.3 Å². The van der Waals surface area contributed by atoms with Crippen LogP contribution in [0.5, 0.6) is 0 Å². The third kappa shape index (κ3) is 5.04. The maximum atomic E-state index is 12.6. The van der Waals surface area contributed by atoms with Crippen LogP contribution in [0.4, 0.5) is 0 Å². The average Bonchev–Trinajstić information content (AvgIpc) is 2.67. The Morgan fingerprint density at radius 3 is 2.27 bits per heavy atom. The molecule has 146 valence electrons. The molecule has 2 saturated heterocycles. The Morgan fingerprint density at radius 2 is 1.65 bits per heavy atom. The van der Waals surface area contributed by atoms with Crippen molar-refractivity contribution < 1.29 is 8.42 Å². The molecule has 0 radical (unpaired) electrons. The van der Waals surface area contributed by atoms with Crippen molar-refractivity contribution in [1.29, 1.82) is 0 Å². The van der Waals surface area contributed by atoms with E-state index in [1.165, 1.54) is 0 Å². The topological polar surface area (TPSA) is 55.9 Å². The minimum Gasteiger partial charge on any atom is -0.304 e. The van der Waals surface area contributed by atoms with Crippen LogP contribution in [0.25, 0.3) is 0 Å². The molecule has 2 heterocycles. The molecule has 1 N–H and O–H groups in total. The van der Waals surface area contributed by atoms with Gasteiger partial charge >= 0.3 is 0 Å². The van der Waals surface area contributed by atoms with Crippen LogP contribution >= 0.6 is 0 Å². The number of nitrogens with zero attached hydrogens (tertiary/aromatic N) is 3. The maximum absolute atomic E-state index is 12.6. The van der Waals surface area contributed by atoms with E-state index in [0.717, 1.165) is 44.6 Å². The molecule has 0 aromatic heterocycles. The molecule has 0 spiro atoms. The second-order valence-corrected chi connectivity index (χ2v) is 9.38. The summed E-state index contributed by atoms with van der Waals surface area (Å²) >= 11 is 0. The van der Waals surface area contributed by atoms with Crippen molar-refractivity contribution >= 4 is 10.2 Å². The molecule has 0 saturated carbocycles. The smallest absolute Gasteiger partial charge is 0.279 e. The van der Waals surface area contributed by atoms with Crippen LogP contribution in [0.1, 0.15) is 25.3 Å². The van der Waals surface area contributed by atoms with Crippen molar-refractivity contribution in [3.05, 3.63) is 35.9 Å². The lowest BCUT2D eigenvalue weighted by molar-refractivity contribution is 0.0720. The van der Waals surface area contributed by atoms with E-state index in [9.17, 15) is 8.42 Å². The number of hydrogen-bond acceptors (Lipinski definition) is 4. The van der Waals surface area contributed by atoms with Gasteiger partial charge in [0.25, 0.3) is 10.2 Å². The van der Waals surface area contributed by atoms with E-state index in [1.54, 1.807) is 4.31 Å². The van der Waals surface area contributed by atoms with E-state index in [0.29, 0.717) is 31.6 Å². The zero-order valence-corrected chi connectivity index (χ0v) is 16.8. The fourth-order valence-electron chi connectivity index (χ4n) is 3.99. The largest absolute Gasteiger partial charge is 0.304 e. The van der Waals surface area contributed by atoms with Crippen LogP contribution in [-0.4, -0.2) is 74.9 Å². The van der Waals surface area contributed by atoms with Gasteiger partial charge in [-0.05, 0) is 38.3 Å². The number of piperidine rings is 1. The van der Waals surface area contributed by atoms with Gasteiger partial charge in [0.05, 0.1) is 0 Å². The van der Waals surface area contributed by atoms with Gasteiger partial charge < -0.3 is 4.90 Å². The molecular weight excluding hydrogens is 348 g/mol. The highest BCUT2D eigenvalue weighted by molar-refractivity contribution is 7.87. The van der Waals surface area contributed by atoms with Gasteiger partial charge in [-0.25, -0.2) is 0 Å². The Balaban J connectivity index is 1.48. The van der Waals surface area contributed by atoms with Crippen molar-refractivity contribution in [2.24, 2.45) is 5.92 Å². The molecular formula is C19H32N4O2S. The summed E-state index contributed by atoms with van der Waals surface area (Å²) in [6, 6.07) is 10.2. The Labute approximate surface area is 158 Å². The third-order valence-electron chi connectivity index (χ3n) is 5.94. The molecule has 26 heavy (non-hydrogen) atoms. The van der Waals surface area contributed by atoms with E-state index in [2.05, 4.69) is 28.5 Å². The normalized spacial score (nSPS) is 23.2. The molecule has 0 bridgehead atoms. The van der Waals surface area contributed by atoms with Gasteiger partial charge in [0.15, 0.2) is 0 Å². The van der Waals surface area contributed by atoms with E-state index in [-0.39, 0.29) is 0 Å². The first kappa shape index (κ1) is 19.8. The standard InChI is InChI=1S/C19H32N4O2S/c1-17(22-14-12-21(2)13-15-22)19-8-10-23(11-9-19)26(24,25)20-16-18-6-4-3-5-7-18/h3-7,17,19-20H,8-16H2,1-2H3/t17-/m1/s1. The van der Waals surface area contributed by atoms with Crippen LogP contribution in [0.3, 0.4) is 0 Å². The van der Waals surface area contributed by atoms with Gasteiger partial charge in [-0.1, -0.05) is 30.3 Å². The minimum absolute atomic E-state index is 0.348. The van der Waals surface area contributed by atoms with Crippen molar-refractivity contribution in [3.63, 3.8) is 0 Å². The monoisotopic (exact) mass is 380 g/mol. The Hall–Kier alpha value is -0.990. The van der Waals surface area contributed by atoms with Crippen LogP contribution in [0.2, 0.25) is 0 Å². The zero-order chi connectivity index (χ0) is 18.6.